The second kappa shape index (κ2) is 4.23. The molecule has 1 rings (SSSR count). The van der Waals surface area contributed by atoms with Crippen LogP contribution in [0.15, 0.2) is 10.8 Å². The summed E-state index contributed by atoms with van der Waals surface area (Å²) in [6.07, 6.45) is -3.88. The zero-order valence-electron chi connectivity index (χ0n) is 7.18. The molecular formula is C7H6BrF3N2O2. The number of rotatable bonds is 2. The van der Waals surface area contributed by atoms with E-state index < -0.39 is 17.9 Å². The van der Waals surface area contributed by atoms with E-state index >= 15 is 0 Å². The summed E-state index contributed by atoms with van der Waals surface area (Å²) in [7, 11) is 0. The SMILES string of the molecule is NCc1c(O)cnc(Br)c1OC(F)(F)F. The Morgan fingerprint density at radius 1 is 1.53 bits per heavy atom. The summed E-state index contributed by atoms with van der Waals surface area (Å²) >= 11 is 2.77. The van der Waals surface area contributed by atoms with Gasteiger partial charge in [0.05, 0.1) is 11.8 Å². The number of alkyl halides is 3. The van der Waals surface area contributed by atoms with Crippen molar-refractivity contribution >= 4 is 15.9 Å². The van der Waals surface area contributed by atoms with Crippen LogP contribution >= 0.6 is 15.9 Å². The molecule has 0 fully saturated rings. The largest absolute Gasteiger partial charge is 0.573 e. The van der Waals surface area contributed by atoms with Crippen LogP contribution in [-0.2, 0) is 6.54 Å². The van der Waals surface area contributed by atoms with Gasteiger partial charge in [0.25, 0.3) is 0 Å². The topological polar surface area (TPSA) is 68.4 Å². The number of nitrogens with zero attached hydrogens (tertiary/aromatic N) is 1. The van der Waals surface area contributed by atoms with E-state index in [0.717, 1.165) is 6.20 Å². The van der Waals surface area contributed by atoms with Crippen molar-refractivity contribution in [3.63, 3.8) is 0 Å². The quantitative estimate of drug-likeness (QED) is 0.815. The summed E-state index contributed by atoms with van der Waals surface area (Å²) in [4.78, 5) is 3.46. The van der Waals surface area contributed by atoms with Gasteiger partial charge < -0.3 is 15.6 Å². The van der Waals surface area contributed by atoms with Gasteiger partial charge in [-0.15, -0.1) is 13.2 Å². The lowest BCUT2D eigenvalue weighted by Gasteiger charge is -2.14. The first-order chi connectivity index (χ1) is 6.85. The van der Waals surface area contributed by atoms with Gasteiger partial charge in [0.1, 0.15) is 10.4 Å². The molecular weight excluding hydrogens is 281 g/mol. The summed E-state index contributed by atoms with van der Waals surface area (Å²) in [6, 6.07) is 0. The Hall–Kier alpha value is -1.02. The predicted molar refractivity (Wildman–Crippen MR) is 48.2 cm³/mol. The standard InChI is InChI=1S/C7H6BrF3N2O2/c8-6-5(15-7(9,10)11)3(1-12)4(14)2-13-6/h2,14H,1,12H2. The van der Waals surface area contributed by atoms with Crippen LogP contribution in [-0.4, -0.2) is 16.5 Å². The lowest BCUT2D eigenvalue weighted by atomic mass is 10.2. The van der Waals surface area contributed by atoms with Crippen molar-refractivity contribution in [2.24, 2.45) is 5.73 Å². The molecule has 0 spiro atoms. The molecule has 0 amide bonds. The molecule has 8 heteroatoms. The van der Waals surface area contributed by atoms with E-state index in [0.29, 0.717) is 0 Å². The van der Waals surface area contributed by atoms with Gasteiger partial charge in [0, 0.05) is 6.54 Å². The number of aromatic hydroxyl groups is 1. The average Bonchev–Trinajstić information content (AvgIpc) is 2.10. The second-order valence-corrected chi connectivity index (χ2v) is 3.24. The fraction of sp³-hybridized carbons (Fsp3) is 0.286. The van der Waals surface area contributed by atoms with Crippen molar-refractivity contribution in [3.8, 4) is 11.5 Å². The fourth-order valence-electron chi connectivity index (χ4n) is 0.912. The molecule has 0 aliphatic rings. The molecule has 0 saturated carbocycles. The Bertz CT molecular complexity index is 370. The Morgan fingerprint density at radius 2 is 2.13 bits per heavy atom. The Kier molecular flexibility index (Phi) is 3.40. The van der Waals surface area contributed by atoms with Crippen LogP contribution in [0.25, 0.3) is 0 Å². The van der Waals surface area contributed by atoms with Crippen molar-refractivity contribution in [2.75, 3.05) is 0 Å². The normalized spacial score (nSPS) is 11.5. The highest BCUT2D eigenvalue weighted by Crippen LogP contribution is 2.36. The number of nitrogens with two attached hydrogens (primary N) is 1. The van der Waals surface area contributed by atoms with Gasteiger partial charge in [-0.25, -0.2) is 4.98 Å². The van der Waals surface area contributed by atoms with Gasteiger partial charge in [0.15, 0.2) is 5.75 Å². The number of pyridine rings is 1. The molecule has 0 bridgehead atoms. The highest BCUT2D eigenvalue weighted by Gasteiger charge is 2.34. The van der Waals surface area contributed by atoms with Crippen molar-refractivity contribution in [1.82, 2.24) is 4.98 Å². The molecule has 0 aliphatic heterocycles. The van der Waals surface area contributed by atoms with Crippen LogP contribution < -0.4 is 10.5 Å². The first-order valence-corrected chi connectivity index (χ1v) is 4.46. The van der Waals surface area contributed by atoms with Gasteiger partial charge in [-0.3, -0.25) is 0 Å². The van der Waals surface area contributed by atoms with Gasteiger partial charge in [0.2, 0.25) is 0 Å². The summed E-state index contributed by atoms with van der Waals surface area (Å²) in [5.74, 6) is -1.06. The Morgan fingerprint density at radius 3 is 2.60 bits per heavy atom. The Labute approximate surface area is 91.0 Å². The highest BCUT2D eigenvalue weighted by atomic mass is 79.9. The number of hydrogen-bond acceptors (Lipinski definition) is 4. The van der Waals surface area contributed by atoms with Crippen LogP contribution in [0.4, 0.5) is 13.2 Å². The zero-order valence-corrected chi connectivity index (χ0v) is 8.76. The number of ether oxygens (including phenoxy) is 1. The number of halogens is 4. The van der Waals surface area contributed by atoms with Gasteiger partial charge in [-0.1, -0.05) is 0 Å². The maximum Gasteiger partial charge on any atom is 0.573 e. The first kappa shape index (κ1) is 12.1. The smallest absolute Gasteiger partial charge is 0.506 e. The molecule has 3 N–H and O–H groups in total. The van der Waals surface area contributed by atoms with E-state index in [4.69, 9.17) is 5.73 Å². The molecule has 0 unspecified atom stereocenters. The molecule has 4 nitrogen and oxygen atoms in total. The van der Waals surface area contributed by atoms with Gasteiger partial charge in [-0.2, -0.15) is 0 Å². The second-order valence-electron chi connectivity index (χ2n) is 2.49. The van der Waals surface area contributed by atoms with Crippen molar-refractivity contribution in [3.05, 3.63) is 16.4 Å². The minimum absolute atomic E-state index is 0.158. The third-order valence-corrected chi connectivity index (χ3v) is 2.06. The molecule has 0 radical (unpaired) electrons. The molecule has 84 valence electrons. The minimum Gasteiger partial charge on any atom is -0.506 e. The van der Waals surface area contributed by atoms with E-state index in [1.165, 1.54) is 0 Å². The lowest BCUT2D eigenvalue weighted by Crippen LogP contribution is -2.19. The van der Waals surface area contributed by atoms with Crippen LogP contribution in [0.2, 0.25) is 0 Å². The molecule has 0 aromatic carbocycles. The molecule has 0 aliphatic carbocycles. The Balaban J connectivity index is 3.20. The van der Waals surface area contributed by atoms with Crippen molar-refractivity contribution < 1.29 is 23.0 Å². The monoisotopic (exact) mass is 286 g/mol. The zero-order chi connectivity index (χ0) is 11.6. The van der Waals surface area contributed by atoms with E-state index in [-0.39, 0.29) is 16.7 Å². The third-order valence-electron chi connectivity index (χ3n) is 1.49. The lowest BCUT2D eigenvalue weighted by molar-refractivity contribution is -0.275. The van der Waals surface area contributed by atoms with Crippen LogP contribution in [0.1, 0.15) is 5.56 Å². The van der Waals surface area contributed by atoms with Gasteiger partial charge >= 0.3 is 6.36 Å². The number of hydrogen-bond donors (Lipinski definition) is 2. The predicted octanol–water partition coefficient (Wildman–Crippen LogP) is 1.91. The fourth-order valence-corrected chi connectivity index (χ4v) is 1.33. The summed E-state index contributed by atoms with van der Waals surface area (Å²) in [5, 5.41) is 9.20. The summed E-state index contributed by atoms with van der Waals surface area (Å²) in [6.45, 7) is -0.293. The summed E-state index contributed by atoms with van der Waals surface area (Å²) < 4.78 is 39.4. The molecule has 15 heavy (non-hydrogen) atoms. The van der Waals surface area contributed by atoms with Gasteiger partial charge in [-0.05, 0) is 15.9 Å². The molecule has 0 saturated heterocycles. The molecule has 1 aromatic rings. The number of aromatic nitrogens is 1. The highest BCUT2D eigenvalue weighted by molar-refractivity contribution is 9.10. The maximum atomic E-state index is 12.0. The van der Waals surface area contributed by atoms with Crippen LogP contribution in [0.5, 0.6) is 11.5 Å². The third kappa shape index (κ3) is 2.96. The molecule has 1 heterocycles. The van der Waals surface area contributed by atoms with E-state index in [1.54, 1.807) is 0 Å². The first-order valence-electron chi connectivity index (χ1n) is 3.67. The van der Waals surface area contributed by atoms with Crippen LogP contribution in [0, 0.1) is 0 Å². The average molecular weight is 287 g/mol. The molecule has 1 aromatic heterocycles. The van der Waals surface area contributed by atoms with E-state index in [9.17, 15) is 18.3 Å². The van der Waals surface area contributed by atoms with E-state index in [2.05, 4.69) is 25.7 Å². The summed E-state index contributed by atoms with van der Waals surface area (Å²) in [5.41, 5.74) is 5.03. The van der Waals surface area contributed by atoms with Crippen molar-refractivity contribution in [1.29, 1.82) is 0 Å². The maximum absolute atomic E-state index is 12.0. The van der Waals surface area contributed by atoms with Crippen molar-refractivity contribution in [2.45, 2.75) is 12.9 Å². The minimum atomic E-state index is -4.86. The van der Waals surface area contributed by atoms with E-state index in [1.807, 2.05) is 0 Å². The van der Waals surface area contributed by atoms with Crippen LogP contribution in [0.3, 0.4) is 0 Å². The molecule has 0 atom stereocenters.